The molecule has 0 radical (unpaired) electrons. The molecule has 0 fully saturated rings. The fourth-order valence-electron chi connectivity index (χ4n) is 2.43. The van der Waals surface area contributed by atoms with Crippen LogP contribution in [0.1, 0.15) is 15.9 Å². The molecule has 0 aliphatic rings. The quantitative estimate of drug-likeness (QED) is 0.742. The summed E-state index contributed by atoms with van der Waals surface area (Å²) < 4.78 is 0. The van der Waals surface area contributed by atoms with Crippen LogP contribution < -0.4 is 10.9 Å². The Labute approximate surface area is 148 Å². The van der Waals surface area contributed by atoms with Crippen molar-refractivity contribution in [2.45, 2.75) is 6.42 Å². The average molecular weight is 361 g/mol. The molecule has 6 heteroatoms. The Bertz CT molecular complexity index is 967. The molecule has 2 N–H and O–H groups in total. The van der Waals surface area contributed by atoms with Gasteiger partial charge in [-0.05, 0) is 42.1 Å². The summed E-state index contributed by atoms with van der Waals surface area (Å²) in [5.41, 5.74) is 1.71. The van der Waals surface area contributed by atoms with E-state index in [0.717, 1.165) is 10.9 Å². The third-order valence-electron chi connectivity index (χ3n) is 3.69. The number of aromatic nitrogens is 1. The Morgan fingerprint density at radius 2 is 1.83 bits per heavy atom. The van der Waals surface area contributed by atoms with Crippen molar-refractivity contribution in [1.29, 1.82) is 0 Å². The van der Waals surface area contributed by atoms with Crippen molar-refractivity contribution >= 4 is 40.0 Å². The molecular formula is C18H14Cl2N2O2. The van der Waals surface area contributed by atoms with E-state index in [9.17, 15) is 9.59 Å². The van der Waals surface area contributed by atoms with Crippen molar-refractivity contribution in [2.75, 3.05) is 6.54 Å². The van der Waals surface area contributed by atoms with Crippen LogP contribution in [0.3, 0.4) is 0 Å². The highest BCUT2D eigenvalue weighted by Crippen LogP contribution is 2.22. The number of H-pyrrole nitrogens is 1. The smallest absolute Gasteiger partial charge is 0.251 e. The van der Waals surface area contributed by atoms with E-state index in [1.807, 2.05) is 30.3 Å². The largest absolute Gasteiger partial charge is 0.352 e. The molecular weight excluding hydrogens is 347 g/mol. The van der Waals surface area contributed by atoms with Gasteiger partial charge in [0.1, 0.15) is 0 Å². The fourth-order valence-corrected chi connectivity index (χ4v) is 2.73. The van der Waals surface area contributed by atoms with Crippen LogP contribution in [0.5, 0.6) is 0 Å². The minimum atomic E-state index is -0.259. The Morgan fingerprint density at radius 1 is 1.04 bits per heavy atom. The van der Waals surface area contributed by atoms with Crippen molar-refractivity contribution in [2.24, 2.45) is 0 Å². The van der Waals surface area contributed by atoms with E-state index in [2.05, 4.69) is 10.3 Å². The van der Waals surface area contributed by atoms with Crippen LogP contribution in [0.15, 0.2) is 53.3 Å². The standard InChI is InChI=1S/C18H14Cl2N2O2/c19-14-6-5-12(10-15(14)20)17(23)21-8-7-13-9-11-3-1-2-4-16(11)22-18(13)24/h1-6,9-10H,7-8H2,(H,21,23)(H,22,24). The Hall–Kier alpha value is -2.30. The number of benzene rings is 2. The molecule has 0 saturated heterocycles. The van der Waals surface area contributed by atoms with Gasteiger partial charge in [-0.15, -0.1) is 0 Å². The van der Waals surface area contributed by atoms with Crippen LogP contribution in [-0.4, -0.2) is 17.4 Å². The van der Waals surface area contributed by atoms with Crippen LogP contribution in [0.25, 0.3) is 10.9 Å². The first-order valence-corrected chi connectivity index (χ1v) is 8.14. The van der Waals surface area contributed by atoms with Crippen LogP contribution >= 0.6 is 23.2 Å². The maximum atomic E-state index is 12.1. The second-order valence-electron chi connectivity index (χ2n) is 5.35. The number of fused-ring (bicyclic) bond motifs is 1. The molecule has 0 aliphatic heterocycles. The summed E-state index contributed by atoms with van der Waals surface area (Å²) in [5, 5.41) is 4.46. The monoisotopic (exact) mass is 360 g/mol. The van der Waals surface area contributed by atoms with Crippen LogP contribution in [0.4, 0.5) is 0 Å². The van der Waals surface area contributed by atoms with Crippen molar-refractivity contribution in [3.63, 3.8) is 0 Å². The Balaban J connectivity index is 1.67. The molecule has 0 saturated carbocycles. The number of amides is 1. The molecule has 3 rings (SSSR count). The first-order chi connectivity index (χ1) is 11.5. The third kappa shape index (κ3) is 3.61. The molecule has 0 bridgehead atoms. The van der Waals surface area contributed by atoms with Gasteiger partial charge in [-0.1, -0.05) is 41.4 Å². The summed E-state index contributed by atoms with van der Waals surface area (Å²) in [4.78, 5) is 27.0. The summed E-state index contributed by atoms with van der Waals surface area (Å²) in [5.74, 6) is -0.259. The zero-order valence-electron chi connectivity index (χ0n) is 12.6. The van der Waals surface area contributed by atoms with E-state index in [4.69, 9.17) is 23.2 Å². The second kappa shape index (κ2) is 7.07. The molecule has 24 heavy (non-hydrogen) atoms. The second-order valence-corrected chi connectivity index (χ2v) is 6.16. The summed E-state index contributed by atoms with van der Waals surface area (Å²) in [6.07, 6.45) is 0.438. The molecule has 122 valence electrons. The number of aromatic amines is 1. The zero-order chi connectivity index (χ0) is 17.1. The first-order valence-electron chi connectivity index (χ1n) is 7.39. The molecule has 0 unspecified atom stereocenters. The number of carbonyl (C=O) groups excluding carboxylic acids is 1. The van der Waals surface area contributed by atoms with Gasteiger partial charge in [0.25, 0.3) is 11.5 Å². The summed E-state index contributed by atoms with van der Waals surface area (Å²) in [6, 6.07) is 14.1. The fraction of sp³-hybridized carbons (Fsp3) is 0.111. The lowest BCUT2D eigenvalue weighted by Gasteiger charge is -2.07. The number of hydrogen-bond acceptors (Lipinski definition) is 2. The first kappa shape index (κ1) is 16.6. The van der Waals surface area contributed by atoms with E-state index in [-0.39, 0.29) is 11.5 Å². The molecule has 0 atom stereocenters. The van der Waals surface area contributed by atoms with Crippen LogP contribution in [0, 0.1) is 0 Å². The Morgan fingerprint density at radius 3 is 2.62 bits per heavy atom. The maximum absolute atomic E-state index is 12.1. The maximum Gasteiger partial charge on any atom is 0.251 e. The van der Waals surface area contributed by atoms with Crippen molar-refractivity contribution in [3.05, 3.63) is 80.1 Å². The normalized spacial score (nSPS) is 10.8. The molecule has 1 heterocycles. The van der Waals surface area contributed by atoms with Gasteiger partial charge >= 0.3 is 0 Å². The minimum Gasteiger partial charge on any atom is -0.352 e. The summed E-state index contributed by atoms with van der Waals surface area (Å²) in [7, 11) is 0. The number of halogens is 2. The predicted molar refractivity (Wildman–Crippen MR) is 97.1 cm³/mol. The molecule has 4 nitrogen and oxygen atoms in total. The van der Waals surface area contributed by atoms with Gasteiger partial charge in [0.05, 0.1) is 10.0 Å². The van der Waals surface area contributed by atoms with Gasteiger partial charge in [-0.2, -0.15) is 0 Å². The van der Waals surface area contributed by atoms with Gasteiger partial charge in [-0.3, -0.25) is 9.59 Å². The van der Waals surface area contributed by atoms with E-state index in [1.165, 1.54) is 6.07 Å². The lowest BCUT2D eigenvalue weighted by atomic mass is 10.1. The summed E-state index contributed by atoms with van der Waals surface area (Å²) in [6.45, 7) is 0.348. The third-order valence-corrected chi connectivity index (χ3v) is 4.43. The predicted octanol–water partition coefficient (Wildman–Crippen LogP) is 3.81. The lowest BCUT2D eigenvalue weighted by Crippen LogP contribution is -2.27. The van der Waals surface area contributed by atoms with Gasteiger partial charge in [0, 0.05) is 23.2 Å². The molecule has 0 spiro atoms. The van der Waals surface area contributed by atoms with Crippen molar-refractivity contribution < 1.29 is 4.79 Å². The zero-order valence-corrected chi connectivity index (χ0v) is 14.1. The van der Waals surface area contributed by atoms with Gasteiger partial charge < -0.3 is 10.3 Å². The van der Waals surface area contributed by atoms with Gasteiger partial charge in [-0.25, -0.2) is 0 Å². The van der Waals surface area contributed by atoms with Crippen molar-refractivity contribution in [1.82, 2.24) is 10.3 Å². The number of carbonyl (C=O) groups is 1. The molecule has 1 amide bonds. The number of nitrogens with one attached hydrogen (secondary N) is 2. The van der Waals surface area contributed by atoms with Gasteiger partial charge in [0.15, 0.2) is 0 Å². The van der Waals surface area contributed by atoms with Gasteiger partial charge in [0.2, 0.25) is 0 Å². The van der Waals surface area contributed by atoms with E-state index in [1.54, 1.807) is 12.1 Å². The highest BCUT2D eigenvalue weighted by Gasteiger charge is 2.08. The highest BCUT2D eigenvalue weighted by molar-refractivity contribution is 6.42. The summed E-state index contributed by atoms with van der Waals surface area (Å²) >= 11 is 11.7. The number of para-hydroxylation sites is 1. The van der Waals surface area contributed by atoms with E-state index in [0.29, 0.717) is 34.1 Å². The van der Waals surface area contributed by atoms with Crippen LogP contribution in [0.2, 0.25) is 10.0 Å². The van der Waals surface area contributed by atoms with E-state index < -0.39 is 0 Å². The molecule has 0 aliphatic carbocycles. The van der Waals surface area contributed by atoms with E-state index >= 15 is 0 Å². The number of rotatable bonds is 4. The highest BCUT2D eigenvalue weighted by atomic mass is 35.5. The molecule has 2 aromatic carbocycles. The lowest BCUT2D eigenvalue weighted by molar-refractivity contribution is 0.0954. The van der Waals surface area contributed by atoms with Crippen LogP contribution in [-0.2, 0) is 6.42 Å². The number of pyridine rings is 1. The SMILES string of the molecule is O=C(NCCc1cc2ccccc2[nH]c1=O)c1ccc(Cl)c(Cl)c1. The Kier molecular flexibility index (Phi) is 4.88. The minimum absolute atomic E-state index is 0.141. The number of hydrogen-bond donors (Lipinski definition) is 2. The topological polar surface area (TPSA) is 62.0 Å². The molecule has 1 aromatic heterocycles. The van der Waals surface area contributed by atoms with Crippen molar-refractivity contribution in [3.8, 4) is 0 Å². The average Bonchev–Trinajstić information content (AvgIpc) is 2.57. The molecule has 3 aromatic rings.